The first-order valence-corrected chi connectivity index (χ1v) is 11.4. The summed E-state index contributed by atoms with van der Waals surface area (Å²) in [5.74, 6) is -3.12. The van der Waals surface area contributed by atoms with Gasteiger partial charge in [0.1, 0.15) is 11.6 Å². The summed E-state index contributed by atoms with van der Waals surface area (Å²) in [6.07, 6.45) is 0. The van der Waals surface area contributed by atoms with Crippen molar-refractivity contribution in [2.75, 3.05) is 32.7 Å². The Morgan fingerprint density at radius 1 is 0.800 bits per heavy atom. The number of carbonyl (C=O) groups excluding carboxylic acids is 3. The maximum Gasteiger partial charge on any atom is 0.257 e. The normalized spacial score (nSPS) is 13.5. The topological polar surface area (TPSA) is 69.7 Å². The van der Waals surface area contributed by atoms with Gasteiger partial charge in [-0.2, -0.15) is 0 Å². The van der Waals surface area contributed by atoms with E-state index in [4.69, 9.17) is 11.6 Å². The molecule has 4 rings (SSSR count). The van der Waals surface area contributed by atoms with Crippen LogP contribution in [0.4, 0.5) is 8.78 Å². The van der Waals surface area contributed by atoms with Crippen LogP contribution in [0.1, 0.15) is 20.7 Å². The quantitative estimate of drug-likeness (QED) is 0.542. The molecule has 1 fully saturated rings. The highest BCUT2D eigenvalue weighted by molar-refractivity contribution is 6.30. The van der Waals surface area contributed by atoms with Gasteiger partial charge >= 0.3 is 0 Å². The van der Waals surface area contributed by atoms with Gasteiger partial charge in [-0.3, -0.25) is 14.4 Å². The second kappa shape index (κ2) is 10.7. The lowest BCUT2D eigenvalue weighted by Gasteiger charge is -2.35. The molecule has 0 bridgehead atoms. The number of nitrogens with zero attached hydrogens (tertiary/aromatic N) is 2. The lowest BCUT2D eigenvalue weighted by Crippen LogP contribution is -2.52. The van der Waals surface area contributed by atoms with Crippen LogP contribution in [0.2, 0.25) is 5.02 Å². The highest BCUT2D eigenvalue weighted by atomic mass is 35.5. The maximum atomic E-state index is 14.1. The van der Waals surface area contributed by atoms with Gasteiger partial charge in [0.2, 0.25) is 5.91 Å². The Hall–Kier alpha value is -3.78. The van der Waals surface area contributed by atoms with E-state index in [0.29, 0.717) is 5.56 Å². The molecule has 0 atom stereocenters. The molecule has 1 saturated heterocycles. The number of carbonyl (C=O) groups is 3. The lowest BCUT2D eigenvalue weighted by atomic mass is 10.0. The molecule has 0 spiro atoms. The summed E-state index contributed by atoms with van der Waals surface area (Å²) in [5, 5.41) is 2.22. The van der Waals surface area contributed by atoms with Crippen molar-refractivity contribution in [2.24, 2.45) is 0 Å². The van der Waals surface area contributed by atoms with Crippen LogP contribution in [0.5, 0.6) is 0 Å². The van der Waals surface area contributed by atoms with E-state index in [0.717, 1.165) is 23.3 Å². The highest BCUT2D eigenvalue weighted by Gasteiger charge is 2.27. The van der Waals surface area contributed by atoms with Crippen LogP contribution < -0.4 is 5.32 Å². The molecular formula is C26H22ClF2N3O3. The third kappa shape index (κ3) is 5.66. The van der Waals surface area contributed by atoms with E-state index in [2.05, 4.69) is 5.32 Å². The Bertz CT molecular complexity index is 1240. The number of rotatable bonds is 5. The minimum Gasteiger partial charge on any atom is -0.343 e. The van der Waals surface area contributed by atoms with Crippen molar-refractivity contribution in [3.8, 4) is 11.1 Å². The summed E-state index contributed by atoms with van der Waals surface area (Å²) in [6, 6.07) is 18.4. The molecule has 6 nitrogen and oxygen atoms in total. The summed E-state index contributed by atoms with van der Waals surface area (Å²) < 4.78 is 27.7. The van der Waals surface area contributed by atoms with Gasteiger partial charge in [-0.1, -0.05) is 54.1 Å². The smallest absolute Gasteiger partial charge is 0.257 e. The summed E-state index contributed by atoms with van der Waals surface area (Å²) in [6.45, 7) is 0.546. The van der Waals surface area contributed by atoms with Gasteiger partial charge in [-0.15, -0.1) is 0 Å². The molecule has 1 aliphatic heterocycles. The minimum atomic E-state index is -0.903. The van der Waals surface area contributed by atoms with Crippen LogP contribution in [-0.2, 0) is 4.79 Å². The Morgan fingerprint density at radius 2 is 1.40 bits per heavy atom. The Labute approximate surface area is 206 Å². The molecule has 0 aromatic heterocycles. The van der Waals surface area contributed by atoms with Crippen LogP contribution in [0.3, 0.4) is 0 Å². The molecule has 3 amide bonds. The van der Waals surface area contributed by atoms with Gasteiger partial charge in [0, 0.05) is 31.7 Å². The van der Waals surface area contributed by atoms with E-state index >= 15 is 0 Å². The number of piperazine rings is 1. The summed E-state index contributed by atoms with van der Waals surface area (Å²) in [7, 11) is 0. The van der Waals surface area contributed by atoms with Crippen molar-refractivity contribution < 1.29 is 23.2 Å². The van der Waals surface area contributed by atoms with Crippen LogP contribution in [0.15, 0.2) is 66.7 Å². The number of amides is 3. The molecule has 1 N–H and O–H groups in total. The van der Waals surface area contributed by atoms with Crippen molar-refractivity contribution in [2.45, 2.75) is 0 Å². The predicted octanol–water partition coefficient (Wildman–Crippen LogP) is 4.00. The van der Waals surface area contributed by atoms with Gasteiger partial charge in [0.25, 0.3) is 11.8 Å². The molecule has 1 aliphatic rings. The first-order valence-electron chi connectivity index (χ1n) is 11.0. The standard InChI is InChI=1S/C26H22ClF2N3O3/c27-21-15-22(28)20(14-23(21)29)26(35)32-12-10-31(11-13-32)24(33)16-30-25(34)19-8-6-18(7-9-19)17-4-2-1-3-5-17/h1-9,14-15H,10-13,16H2,(H,30,34). The highest BCUT2D eigenvalue weighted by Crippen LogP contribution is 2.21. The molecule has 0 radical (unpaired) electrons. The van der Waals surface area contributed by atoms with E-state index in [-0.39, 0.29) is 44.5 Å². The zero-order valence-corrected chi connectivity index (χ0v) is 19.4. The lowest BCUT2D eigenvalue weighted by molar-refractivity contribution is -0.131. The van der Waals surface area contributed by atoms with Gasteiger partial charge in [-0.05, 0) is 35.4 Å². The fraction of sp³-hybridized carbons (Fsp3) is 0.192. The Morgan fingerprint density at radius 3 is 2.06 bits per heavy atom. The fourth-order valence-corrected chi connectivity index (χ4v) is 3.98. The third-order valence-corrected chi connectivity index (χ3v) is 6.10. The number of halogens is 3. The van der Waals surface area contributed by atoms with Crippen molar-refractivity contribution in [1.29, 1.82) is 0 Å². The van der Waals surface area contributed by atoms with E-state index in [1.807, 2.05) is 42.5 Å². The average Bonchev–Trinajstić information content (AvgIpc) is 2.89. The maximum absolute atomic E-state index is 14.1. The van der Waals surface area contributed by atoms with Gasteiger partial charge in [-0.25, -0.2) is 8.78 Å². The van der Waals surface area contributed by atoms with Crippen molar-refractivity contribution in [1.82, 2.24) is 15.1 Å². The molecule has 0 unspecified atom stereocenters. The molecule has 1 heterocycles. The molecular weight excluding hydrogens is 476 g/mol. The zero-order valence-electron chi connectivity index (χ0n) is 18.6. The molecule has 35 heavy (non-hydrogen) atoms. The monoisotopic (exact) mass is 497 g/mol. The second-order valence-electron chi connectivity index (χ2n) is 8.05. The predicted molar refractivity (Wildman–Crippen MR) is 128 cm³/mol. The van der Waals surface area contributed by atoms with Crippen molar-refractivity contribution in [3.05, 3.63) is 94.5 Å². The SMILES string of the molecule is O=C(NCC(=O)N1CCN(C(=O)c2cc(F)c(Cl)cc2F)CC1)c1ccc(-c2ccccc2)cc1. The van der Waals surface area contributed by atoms with Crippen LogP contribution in [0, 0.1) is 11.6 Å². The van der Waals surface area contributed by atoms with Crippen LogP contribution >= 0.6 is 11.6 Å². The largest absolute Gasteiger partial charge is 0.343 e. The second-order valence-corrected chi connectivity index (χ2v) is 8.45. The summed E-state index contributed by atoms with van der Waals surface area (Å²) in [5.41, 5.74) is 2.05. The van der Waals surface area contributed by atoms with E-state index < -0.39 is 28.1 Å². The number of hydrogen-bond acceptors (Lipinski definition) is 3. The van der Waals surface area contributed by atoms with Crippen molar-refractivity contribution in [3.63, 3.8) is 0 Å². The van der Waals surface area contributed by atoms with Gasteiger partial charge in [0.15, 0.2) is 0 Å². The Balaban J connectivity index is 1.27. The molecule has 3 aromatic rings. The minimum absolute atomic E-state index is 0.156. The zero-order chi connectivity index (χ0) is 24.9. The van der Waals surface area contributed by atoms with Gasteiger partial charge < -0.3 is 15.1 Å². The van der Waals surface area contributed by atoms with Gasteiger partial charge in [0.05, 0.1) is 17.1 Å². The van der Waals surface area contributed by atoms with E-state index in [1.165, 1.54) is 9.80 Å². The summed E-state index contributed by atoms with van der Waals surface area (Å²) >= 11 is 5.54. The van der Waals surface area contributed by atoms with Crippen LogP contribution in [-0.4, -0.2) is 60.2 Å². The number of hydrogen-bond donors (Lipinski definition) is 1. The van der Waals surface area contributed by atoms with Crippen molar-refractivity contribution >= 4 is 29.3 Å². The first kappa shape index (κ1) is 24.3. The van der Waals surface area contributed by atoms with Crippen LogP contribution in [0.25, 0.3) is 11.1 Å². The molecule has 0 saturated carbocycles. The van der Waals surface area contributed by atoms with E-state index in [9.17, 15) is 23.2 Å². The van der Waals surface area contributed by atoms with E-state index in [1.54, 1.807) is 12.1 Å². The average molecular weight is 498 g/mol. The third-order valence-electron chi connectivity index (χ3n) is 5.81. The molecule has 9 heteroatoms. The molecule has 0 aliphatic carbocycles. The first-order chi connectivity index (χ1) is 16.8. The summed E-state index contributed by atoms with van der Waals surface area (Å²) in [4.78, 5) is 40.4. The molecule has 3 aromatic carbocycles. The molecule has 180 valence electrons. The Kier molecular flexibility index (Phi) is 7.41. The number of benzene rings is 3. The fourth-order valence-electron chi connectivity index (χ4n) is 3.83. The number of nitrogens with one attached hydrogen (secondary N) is 1.